The van der Waals surface area contributed by atoms with Crippen LogP contribution in [0.2, 0.25) is 0 Å². The van der Waals surface area contributed by atoms with E-state index in [1.165, 1.54) is 28.1 Å². The number of carbonyl (C=O) groups is 3. The van der Waals surface area contributed by atoms with Crippen LogP contribution >= 0.6 is 0 Å². The minimum Gasteiger partial charge on any atom is -0.459 e. The summed E-state index contributed by atoms with van der Waals surface area (Å²) in [5, 5.41) is 46.4. The van der Waals surface area contributed by atoms with E-state index in [1.54, 1.807) is 53.5 Å². The molecule has 4 saturated heterocycles. The van der Waals surface area contributed by atoms with E-state index >= 15 is 0 Å². The molecule has 4 heterocycles. The predicted octanol–water partition coefficient (Wildman–Crippen LogP) is 1.58. The minimum absolute atomic E-state index is 0.0510. The van der Waals surface area contributed by atoms with Crippen LogP contribution in [0.4, 0.5) is 0 Å². The molecule has 0 unspecified atom stereocenters. The Balaban J connectivity index is 1.79. The summed E-state index contributed by atoms with van der Waals surface area (Å²) in [4.78, 5) is 48.1. The topological polar surface area (TPSA) is 206 Å². The van der Waals surface area contributed by atoms with Crippen molar-refractivity contribution in [1.29, 1.82) is 0 Å². The molecule has 4 aliphatic heterocycles. The molecule has 4 rings (SSSR count). The molecule has 0 aromatic carbocycles. The number of hydrogen-bond donors (Lipinski definition) is 4. The Morgan fingerprint density at radius 1 is 0.869 bits per heavy atom. The van der Waals surface area contributed by atoms with E-state index in [-0.39, 0.29) is 37.5 Å². The van der Waals surface area contributed by atoms with Gasteiger partial charge in [0.1, 0.15) is 29.7 Å². The molecule has 0 radical (unpaired) electrons. The summed E-state index contributed by atoms with van der Waals surface area (Å²) in [6, 6.07) is -0.672. The first-order chi connectivity index (χ1) is 28.3. The van der Waals surface area contributed by atoms with Crippen molar-refractivity contribution in [2.45, 2.75) is 179 Å². The van der Waals surface area contributed by atoms with Gasteiger partial charge in [-0.05, 0) is 67.9 Å². The highest BCUT2D eigenvalue weighted by atomic mass is 16.7. The number of methoxy groups -OCH3 is 2. The van der Waals surface area contributed by atoms with Crippen molar-refractivity contribution in [2.24, 2.45) is 23.7 Å². The van der Waals surface area contributed by atoms with Gasteiger partial charge in [0.05, 0.1) is 60.2 Å². The van der Waals surface area contributed by atoms with Crippen LogP contribution in [-0.2, 0) is 47.5 Å². The van der Waals surface area contributed by atoms with Crippen molar-refractivity contribution in [3.8, 4) is 0 Å². The molecule has 17 heteroatoms. The Morgan fingerprint density at radius 2 is 1.48 bits per heavy atom. The molecule has 0 saturated carbocycles. The van der Waals surface area contributed by atoms with Gasteiger partial charge in [-0.3, -0.25) is 19.3 Å². The van der Waals surface area contributed by atoms with Crippen LogP contribution in [0.5, 0.6) is 0 Å². The Labute approximate surface area is 363 Å². The highest BCUT2D eigenvalue weighted by Crippen LogP contribution is 2.42. The van der Waals surface area contributed by atoms with Crippen molar-refractivity contribution in [2.75, 3.05) is 61.0 Å². The quantitative estimate of drug-likeness (QED) is 0.230. The summed E-state index contributed by atoms with van der Waals surface area (Å²) in [6.07, 6.45) is -10.1. The number of likely N-dealkylation sites (N-methyl/N-ethyl adjacent to an activating group) is 2. The van der Waals surface area contributed by atoms with Gasteiger partial charge in [0, 0.05) is 71.6 Å². The number of ether oxygens (including phenoxy) is 7. The number of amides is 1. The molecule has 354 valence electrons. The van der Waals surface area contributed by atoms with Gasteiger partial charge in [0.15, 0.2) is 12.6 Å². The van der Waals surface area contributed by atoms with Crippen LogP contribution in [0.15, 0.2) is 0 Å². The summed E-state index contributed by atoms with van der Waals surface area (Å²) in [5.74, 6) is -4.92. The molecule has 0 aromatic rings. The molecule has 4 N–H and O–H groups in total. The Morgan fingerprint density at radius 3 is 2.05 bits per heavy atom. The molecular formula is C44H79N3O14. The summed E-state index contributed by atoms with van der Waals surface area (Å²) < 4.78 is 44.3. The van der Waals surface area contributed by atoms with E-state index in [1.807, 2.05) is 13.8 Å². The third kappa shape index (κ3) is 11.5. The number of aliphatic hydroxyl groups excluding tert-OH is 3. The van der Waals surface area contributed by atoms with Crippen molar-refractivity contribution < 1.29 is 68.0 Å². The van der Waals surface area contributed by atoms with Crippen LogP contribution in [0.3, 0.4) is 0 Å². The number of hydrogen-bond acceptors (Lipinski definition) is 16. The molecule has 17 nitrogen and oxygen atoms in total. The number of aliphatic hydroxyl groups is 4. The summed E-state index contributed by atoms with van der Waals surface area (Å²) in [6.45, 7) is 20.3. The Hall–Kier alpha value is -1.87. The summed E-state index contributed by atoms with van der Waals surface area (Å²) in [7, 11) is 6.71. The van der Waals surface area contributed by atoms with Crippen LogP contribution in [0, 0.1) is 23.7 Å². The van der Waals surface area contributed by atoms with Crippen LogP contribution in [-0.4, -0.2) is 198 Å². The van der Waals surface area contributed by atoms with Gasteiger partial charge in [-0.2, -0.15) is 0 Å². The van der Waals surface area contributed by atoms with E-state index in [9.17, 15) is 34.8 Å². The summed E-state index contributed by atoms with van der Waals surface area (Å²) >= 11 is 0. The van der Waals surface area contributed by atoms with Gasteiger partial charge >= 0.3 is 5.97 Å². The number of cyclic esters (lactones) is 1. The minimum atomic E-state index is -2.00. The average Bonchev–Trinajstić information content (AvgIpc) is 3.22. The highest BCUT2D eigenvalue weighted by molar-refractivity contribution is 5.83. The summed E-state index contributed by atoms with van der Waals surface area (Å²) in [5.41, 5.74) is -4.41. The monoisotopic (exact) mass is 874 g/mol. The van der Waals surface area contributed by atoms with Gasteiger partial charge in [-0.1, -0.05) is 27.7 Å². The van der Waals surface area contributed by atoms with Crippen molar-refractivity contribution in [3.63, 3.8) is 0 Å². The van der Waals surface area contributed by atoms with Gasteiger partial charge in [0.25, 0.3) is 0 Å². The lowest BCUT2D eigenvalue weighted by Crippen LogP contribution is -2.62. The molecule has 18 atom stereocenters. The molecule has 1 amide bonds. The second-order valence-electron chi connectivity index (χ2n) is 19.3. The molecule has 0 aliphatic carbocycles. The van der Waals surface area contributed by atoms with Gasteiger partial charge in [-0.25, -0.2) is 0 Å². The number of Topliss-reactive ketones (excluding diaryl/α,β-unsaturated/α-hetero) is 1. The number of ketones is 1. The highest BCUT2D eigenvalue weighted by Gasteiger charge is 2.54. The zero-order valence-electron chi connectivity index (χ0n) is 39.2. The second kappa shape index (κ2) is 21.0. The molecule has 0 aromatic heterocycles. The fourth-order valence-corrected chi connectivity index (χ4v) is 9.95. The molecule has 61 heavy (non-hydrogen) atoms. The fraction of sp³-hybridized carbons (Fsp3) is 0.932. The third-order valence-corrected chi connectivity index (χ3v) is 14.5. The molecule has 0 spiro atoms. The maximum atomic E-state index is 14.4. The number of carbonyl (C=O) groups excluding carboxylic acids is 3. The zero-order valence-corrected chi connectivity index (χ0v) is 39.2. The first-order valence-electron chi connectivity index (χ1n) is 22.2. The van der Waals surface area contributed by atoms with Gasteiger partial charge < -0.3 is 63.4 Å². The van der Waals surface area contributed by atoms with Crippen LogP contribution < -0.4 is 0 Å². The third-order valence-electron chi connectivity index (χ3n) is 14.5. The Kier molecular flexibility index (Phi) is 17.8. The standard InChI is InChI=1S/C44H79N3O14/c1-15-31-44(10,54)37(51)26(4)34(49)24(2)21-43(9,56-14)39(27(5)36(28(6)40(53)59-31)60-33-22-42(8,55-13)38(52)29(7)58-33)61-41-35(50)30(20-25(3)57-41)46(12)32(48)23-47-18-16-45(11)17-19-47/h24-31,33,35-39,41,50-52,54H,15-23H2,1-14H3/t24-,25-,26+,27+,28-,29+,30+,31-,33+,35-,36+,37-,38+,39-,41+,42-,43+,44-/m1/s1. The van der Waals surface area contributed by atoms with E-state index in [0.717, 1.165) is 26.2 Å². The zero-order chi connectivity index (χ0) is 45.9. The van der Waals surface area contributed by atoms with E-state index in [2.05, 4.69) is 16.8 Å². The SMILES string of the molecule is CC[C@H]1OC(=O)[C@H](C)[C@@H](O[C@H]2C[C@@](C)(OC)[C@@H](O)[C@H](C)O2)[C@H](C)[C@@H](O[C@@H]2O[C@H](C)C[C@H](N(C)C(=O)CN3CCN(C)CC3)[C@H]2O)[C@@](C)(OC)C[C@@H](C)C(=O)[C@H](C)[C@@H](O)[C@]1(C)O. The predicted molar refractivity (Wildman–Crippen MR) is 224 cm³/mol. The molecular weight excluding hydrogens is 794 g/mol. The maximum Gasteiger partial charge on any atom is 0.311 e. The lowest BCUT2D eigenvalue weighted by molar-refractivity contribution is -0.319. The van der Waals surface area contributed by atoms with Crippen molar-refractivity contribution in [3.05, 3.63) is 0 Å². The fourth-order valence-electron chi connectivity index (χ4n) is 9.95. The van der Waals surface area contributed by atoms with Gasteiger partial charge in [0.2, 0.25) is 5.91 Å². The maximum absolute atomic E-state index is 14.4. The van der Waals surface area contributed by atoms with E-state index in [0.29, 0.717) is 6.42 Å². The molecule has 0 bridgehead atoms. The molecule has 4 aliphatic rings. The first kappa shape index (κ1) is 51.8. The van der Waals surface area contributed by atoms with Crippen LogP contribution in [0.1, 0.15) is 94.9 Å². The average molecular weight is 874 g/mol. The lowest BCUT2D eigenvalue weighted by Gasteiger charge is -2.50. The smallest absolute Gasteiger partial charge is 0.311 e. The second-order valence-corrected chi connectivity index (χ2v) is 19.3. The largest absolute Gasteiger partial charge is 0.459 e. The normalized spacial score (nSPS) is 45.5. The molecule has 4 fully saturated rings. The van der Waals surface area contributed by atoms with Gasteiger partial charge in [-0.15, -0.1) is 0 Å². The number of nitrogens with zero attached hydrogens (tertiary/aromatic N) is 3. The van der Waals surface area contributed by atoms with E-state index < -0.39 is 114 Å². The first-order valence-corrected chi connectivity index (χ1v) is 22.2. The Bertz CT molecular complexity index is 1470. The lowest BCUT2D eigenvalue weighted by atomic mass is 9.74. The number of esters is 1. The number of rotatable bonds is 10. The number of piperazine rings is 1. The van der Waals surface area contributed by atoms with E-state index in [4.69, 9.17) is 33.2 Å². The van der Waals surface area contributed by atoms with Crippen LogP contribution in [0.25, 0.3) is 0 Å². The van der Waals surface area contributed by atoms with Crippen molar-refractivity contribution >= 4 is 17.7 Å². The van der Waals surface area contributed by atoms with Crippen molar-refractivity contribution in [1.82, 2.24) is 14.7 Å².